The Balaban J connectivity index is 1.52. The van der Waals surface area contributed by atoms with Crippen molar-refractivity contribution in [1.29, 1.82) is 0 Å². The molecule has 0 bridgehead atoms. The van der Waals surface area contributed by atoms with Gasteiger partial charge in [0.15, 0.2) is 9.84 Å². The number of carbonyl (C=O) groups excluding carboxylic acids is 1. The number of pyridine rings is 1. The van der Waals surface area contributed by atoms with Crippen LogP contribution in [0.5, 0.6) is 11.8 Å². The minimum Gasteiger partial charge on any atom is -0.470 e. The Morgan fingerprint density at radius 1 is 1.14 bits per heavy atom. The van der Waals surface area contributed by atoms with Crippen LogP contribution in [0.25, 0.3) is 22.7 Å². The zero-order valence-corrected chi connectivity index (χ0v) is 24.9. The van der Waals surface area contributed by atoms with E-state index < -0.39 is 15.8 Å². The average molecular weight is 615 g/mol. The lowest BCUT2D eigenvalue weighted by molar-refractivity contribution is 0.0606. The number of morpholine rings is 1. The summed E-state index contributed by atoms with van der Waals surface area (Å²) < 4.78 is 52.3. The van der Waals surface area contributed by atoms with E-state index in [1.54, 1.807) is 6.07 Å². The molecule has 222 valence electrons. The number of anilines is 2. The third kappa shape index (κ3) is 6.35. The largest absolute Gasteiger partial charge is 0.470 e. The van der Waals surface area contributed by atoms with Gasteiger partial charge in [0.05, 0.1) is 48.0 Å². The first-order chi connectivity index (χ1) is 20.2. The number of ether oxygens (including phenoxy) is 4. The lowest BCUT2D eigenvalue weighted by atomic mass is 10.1. The molecule has 42 heavy (non-hydrogen) atoms. The topological polar surface area (TPSA) is 156 Å². The van der Waals surface area contributed by atoms with Crippen LogP contribution in [0, 0.1) is 0 Å². The number of hydrogen-bond donors (Lipinski definition) is 1. The van der Waals surface area contributed by atoms with E-state index in [-0.39, 0.29) is 39.8 Å². The molecule has 5 rings (SSSR count). The number of aromatic nitrogens is 2. The van der Waals surface area contributed by atoms with E-state index in [1.807, 2.05) is 31.2 Å². The number of benzene rings is 1. The normalized spacial score (nSPS) is 13.6. The fourth-order valence-corrected chi connectivity index (χ4v) is 6.73. The maximum absolute atomic E-state index is 12.4. The Labute approximate surface area is 246 Å². The van der Waals surface area contributed by atoms with Gasteiger partial charge in [0.2, 0.25) is 11.8 Å². The molecule has 0 saturated carbocycles. The van der Waals surface area contributed by atoms with Gasteiger partial charge >= 0.3 is 11.9 Å². The van der Waals surface area contributed by atoms with Gasteiger partial charge in [-0.2, -0.15) is 0 Å². The summed E-state index contributed by atoms with van der Waals surface area (Å²) in [7, 11) is -2.44. The standard InChI is InChI=1S/C28H30N4O8S2/c1-4-38-24-15-30-26(40-24)19-13-20(17-5-7-18(8-6-17)32-9-11-37-12-10-32)31-27(25(19)29)39-16-22-23(42(3,34)35)14-21(41-22)28(33)36-2/h5-8,13-15H,4,9-12,16,29H2,1-3H3. The quantitative estimate of drug-likeness (QED) is 0.256. The van der Waals surface area contributed by atoms with Gasteiger partial charge < -0.3 is 34.0 Å². The van der Waals surface area contributed by atoms with Crippen molar-refractivity contribution in [3.8, 4) is 34.5 Å². The van der Waals surface area contributed by atoms with Crippen LogP contribution in [-0.4, -0.2) is 70.6 Å². The van der Waals surface area contributed by atoms with E-state index in [4.69, 9.17) is 29.1 Å². The number of nitrogens with two attached hydrogens (primary N) is 1. The lowest BCUT2D eigenvalue weighted by Crippen LogP contribution is -2.36. The number of thiophene rings is 1. The van der Waals surface area contributed by atoms with E-state index in [1.165, 1.54) is 19.4 Å². The lowest BCUT2D eigenvalue weighted by Gasteiger charge is -2.28. The number of sulfone groups is 1. The highest BCUT2D eigenvalue weighted by Crippen LogP contribution is 2.38. The number of rotatable bonds is 10. The van der Waals surface area contributed by atoms with Gasteiger partial charge in [-0.25, -0.2) is 23.2 Å². The van der Waals surface area contributed by atoms with E-state index >= 15 is 0 Å². The first kappa shape index (κ1) is 29.4. The summed E-state index contributed by atoms with van der Waals surface area (Å²) in [5.41, 5.74) is 9.44. The molecule has 3 aromatic heterocycles. The zero-order valence-electron chi connectivity index (χ0n) is 23.3. The molecule has 0 atom stereocenters. The molecule has 1 aliphatic rings. The van der Waals surface area contributed by atoms with Crippen molar-refractivity contribution >= 4 is 38.5 Å². The summed E-state index contributed by atoms with van der Waals surface area (Å²) >= 11 is 0.961. The van der Waals surface area contributed by atoms with Crippen LogP contribution < -0.4 is 20.1 Å². The highest BCUT2D eigenvalue weighted by atomic mass is 32.2. The van der Waals surface area contributed by atoms with Crippen LogP contribution in [-0.2, 0) is 25.9 Å². The van der Waals surface area contributed by atoms with E-state index in [2.05, 4.69) is 14.9 Å². The van der Waals surface area contributed by atoms with Crippen LogP contribution in [0.3, 0.4) is 0 Å². The molecular weight excluding hydrogens is 584 g/mol. The molecule has 0 unspecified atom stereocenters. The summed E-state index contributed by atoms with van der Waals surface area (Å²) in [6.07, 6.45) is 2.51. The molecule has 0 spiro atoms. The third-order valence-corrected chi connectivity index (χ3v) is 8.84. The molecule has 0 aliphatic carbocycles. The Hall–Kier alpha value is -4.14. The number of oxazole rings is 1. The molecule has 0 radical (unpaired) electrons. The molecule has 14 heteroatoms. The average Bonchev–Trinajstić information content (AvgIpc) is 3.65. The van der Waals surface area contributed by atoms with Gasteiger partial charge in [-0.15, -0.1) is 11.3 Å². The van der Waals surface area contributed by atoms with Crippen molar-refractivity contribution in [2.75, 3.05) is 56.9 Å². The fraction of sp³-hybridized carbons (Fsp3) is 0.321. The molecule has 1 saturated heterocycles. The molecular formula is C28H30N4O8S2. The summed E-state index contributed by atoms with van der Waals surface area (Å²) in [5, 5.41) is 0. The van der Waals surface area contributed by atoms with Crippen LogP contribution in [0.1, 0.15) is 21.5 Å². The summed E-state index contributed by atoms with van der Waals surface area (Å²) in [4.78, 5) is 23.7. The zero-order chi connectivity index (χ0) is 29.9. The molecule has 4 heterocycles. The minimum atomic E-state index is -3.67. The van der Waals surface area contributed by atoms with Crippen molar-refractivity contribution in [3.63, 3.8) is 0 Å². The number of nitrogen functional groups attached to an aromatic ring is 1. The van der Waals surface area contributed by atoms with Gasteiger partial charge in [0.25, 0.3) is 0 Å². The first-order valence-electron chi connectivity index (χ1n) is 13.0. The second kappa shape index (κ2) is 12.4. The van der Waals surface area contributed by atoms with E-state index in [0.29, 0.717) is 36.0 Å². The molecule has 2 N–H and O–H groups in total. The molecule has 1 fully saturated rings. The predicted molar refractivity (Wildman–Crippen MR) is 157 cm³/mol. The Bertz CT molecular complexity index is 1680. The number of hydrogen-bond acceptors (Lipinski definition) is 13. The smallest absolute Gasteiger partial charge is 0.348 e. The van der Waals surface area contributed by atoms with Gasteiger partial charge in [-0.1, -0.05) is 12.1 Å². The molecule has 1 aromatic carbocycles. The second-order valence-corrected chi connectivity index (χ2v) is 12.4. The van der Waals surface area contributed by atoms with Crippen LogP contribution in [0.2, 0.25) is 0 Å². The maximum atomic E-state index is 12.4. The van der Waals surface area contributed by atoms with Crippen molar-refractivity contribution in [2.45, 2.75) is 18.4 Å². The number of nitrogens with zero attached hydrogens (tertiary/aromatic N) is 3. The number of esters is 1. The summed E-state index contributed by atoms with van der Waals surface area (Å²) in [6, 6.07) is 10.9. The molecule has 1 aliphatic heterocycles. The first-order valence-corrected chi connectivity index (χ1v) is 15.7. The molecule has 0 amide bonds. The SMILES string of the molecule is CCOc1cnc(-c2cc(-c3ccc(N4CCOCC4)cc3)nc(OCc3sc(C(=O)OC)cc3S(C)(=O)=O)c2N)o1. The minimum absolute atomic E-state index is 0.0318. The Morgan fingerprint density at radius 3 is 2.55 bits per heavy atom. The molecule has 4 aromatic rings. The van der Waals surface area contributed by atoms with Crippen molar-refractivity contribution in [3.05, 3.63) is 52.3 Å². The van der Waals surface area contributed by atoms with Crippen LogP contribution in [0.15, 0.2) is 51.9 Å². The van der Waals surface area contributed by atoms with Crippen molar-refractivity contribution < 1.29 is 36.6 Å². The van der Waals surface area contributed by atoms with Crippen molar-refractivity contribution in [2.24, 2.45) is 0 Å². The number of carbonyl (C=O) groups is 1. The van der Waals surface area contributed by atoms with E-state index in [0.717, 1.165) is 41.9 Å². The van der Waals surface area contributed by atoms with E-state index in [9.17, 15) is 13.2 Å². The summed E-state index contributed by atoms with van der Waals surface area (Å²) in [5.74, 6) is -0.166. The van der Waals surface area contributed by atoms with Gasteiger partial charge in [0.1, 0.15) is 23.4 Å². The Morgan fingerprint density at radius 2 is 1.88 bits per heavy atom. The molecule has 12 nitrogen and oxygen atoms in total. The highest BCUT2D eigenvalue weighted by molar-refractivity contribution is 7.91. The van der Waals surface area contributed by atoms with Crippen molar-refractivity contribution in [1.82, 2.24) is 9.97 Å². The maximum Gasteiger partial charge on any atom is 0.348 e. The highest BCUT2D eigenvalue weighted by Gasteiger charge is 2.24. The summed E-state index contributed by atoms with van der Waals surface area (Å²) in [6.45, 7) is 4.99. The second-order valence-electron chi connectivity index (χ2n) is 9.29. The Kier molecular flexibility index (Phi) is 8.66. The van der Waals surface area contributed by atoms with Gasteiger partial charge in [-0.05, 0) is 31.2 Å². The predicted octanol–water partition coefficient (Wildman–Crippen LogP) is 4.05. The van der Waals surface area contributed by atoms with Gasteiger partial charge in [0, 0.05) is 30.6 Å². The van der Waals surface area contributed by atoms with Crippen LogP contribution in [0.4, 0.5) is 11.4 Å². The fourth-order valence-electron chi connectivity index (χ4n) is 4.39. The third-order valence-electron chi connectivity index (χ3n) is 6.46. The monoisotopic (exact) mass is 614 g/mol. The van der Waals surface area contributed by atoms with Gasteiger partial charge in [-0.3, -0.25) is 0 Å². The number of methoxy groups -OCH3 is 1. The van der Waals surface area contributed by atoms with Crippen LogP contribution >= 0.6 is 11.3 Å².